The van der Waals surface area contributed by atoms with Crippen molar-refractivity contribution in [2.75, 3.05) is 7.05 Å². The van der Waals surface area contributed by atoms with Crippen molar-refractivity contribution in [3.63, 3.8) is 0 Å². The molecule has 0 saturated heterocycles. The fourth-order valence-electron chi connectivity index (χ4n) is 1.63. The van der Waals surface area contributed by atoms with Gasteiger partial charge in [-0.25, -0.2) is 0 Å². The first kappa shape index (κ1) is 10.8. The summed E-state index contributed by atoms with van der Waals surface area (Å²) in [7, 11) is 1.90. The Morgan fingerprint density at radius 1 is 1.31 bits per heavy atom. The van der Waals surface area contributed by atoms with Crippen LogP contribution < -0.4 is 5.32 Å². The zero-order valence-corrected chi connectivity index (χ0v) is 9.47. The maximum absolute atomic E-state index is 4.98. The molecule has 2 aromatic rings. The molecule has 0 aliphatic rings. The highest BCUT2D eigenvalue weighted by atomic mass is 16.5. The van der Waals surface area contributed by atoms with Gasteiger partial charge in [0.2, 0.25) is 5.89 Å². The molecule has 0 saturated carbocycles. The number of rotatable bonds is 4. The summed E-state index contributed by atoms with van der Waals surface area (Å²) < 4.78 is 4.98. The average molecular weight is 217 g/mol. The van der Waals surface area contributed by atoms with Crippen molar-refractivity contribution in [3.05, 3.63) is 47.6 Å². The molecule has 1 unspecified atom stereocenters. The van der Waals surface area contributed by atoms with Crippen molar-refractivity contribution < 1.29 is 4.52 Å². The standard InChI is InChI=1S/C12H15N3O/c1-9-14-12(15-16-9)11(13-2)8-10-6-4-3-5-7-10/h3-7,11,13H,8H2,1-2H3. The largest absolute Gasteiger partial charge is 0.340 e. The number of hydrogen-bond acceptors (Lipinski definition) is 4. The van der Waals surface area contributed by atoms with Crippen molar-refractivity contribution >= 4 is 0 Å². The summed E-state index contributed by atoms with van der Waals surface area (Å²) in [5.74, 6) is 1.31. The van der Waals surface area contributed by atoms with Crippen LogP contribution in [0.4, 0.5) is 0 Å². The second kappa shape index (κ2) is 4.90. The first-order valence-electron chi connectivity index (χ1n) is 5.31. The van der Waals surface area contributed by atoms with E-state index in [2.05, 4.69) is 27.6 Å². The minimum atomic E-state index is 0.0971. The molecule has 0 aliphatic heterocycles. The molecule has 0 bridgehead atoms. The van der Waals surface area contributed by atoms with Gasteiger partial charge in [0, 0.05) is 6.92 Å². The average Bonchev–Trinajstić information content (AvgIpc) is 2.74. The van der Waals surface area contributed by atoms with E-state index in [1.165, 1.54) is 5.56 Å². The zero-order chi connectivity index (χ0) is 11.4. The molecular weight excluding hydrogens is 202 g/mol. The summed E-state index contributed by atoms with van der Waals surface area (Å²) in [6.45, 7) is 1.80. The summed E-state index contributed by atoms with van der Waals surface area (Å²) in [5, 5.41) is 7.13. The van der Waals surface area contributed by atoms with Gasteiger partial charge in [-0.15, -0.1) is 0 Å². The summed E-state index contributed by atoms with van der Waals surface area (Å²) >= 11 is 0. The molecule has 0 amide bonds. The number of benzene rings is 1. The molecule has 1 aromatic heterocycles. The smallest absolute Gasteiger partial charge is 0.223 e. The molecule has 0 aliphatic carbocycles. The van der Waals surface area contributed by atoms with E-state index in [9.17, 15) is 0 Å². The van der Waals surface area contributed by atoms with Crippen LogP contribution in [0, 0.1) is 6.92 Å². The molecule has 4 nitrogen and oxygen atoms in total. The Morgan fingerprint density at radius 2 is 2.06 bits per heavy atom. The fourth-order valence-corrected chi connectivity index (χ4v) is 1.63. The second-order valence-corrected chi connectivity index (χ2v) is 3.70. The Bertz CT molecular complexity index is 439. The van der Waals surface area contributed by atoms with Gasteiger partial charge in [-0.05, 0) is 19.0 Å². The second-order valence-electron chi connectivity index (χ2n) is 3.70. The molecule has 0 radical (unpaired) electrons. The van der Waals surface area contributed by atoms with Crippen molar-refractivity contribution in [2.24, 2.45) is 0 Å². The fraction of sp³-hybridized carbons (Fsp3) is 0.333. The van der Waals surface area contributed by atoms with Crippen LogP contribution in [0.15, 0.2) is 34.9 Å². The van der Waals surface area contributed by atoms with E-state index in [-0.39, 0.29) is 6.04 Å². The van der Waals surface area contributed by atoms with Crippen molar-refractivity contribution in [1.82, 2.24) is 15.5 Å². The molecule has 1 heterocycles. The van der Waals surface area contributed by atoms with E-state index in [4.69, 9.17) is 4.52 Å². The van der Waals surface area contributed by atoms with Crippen LogP contribution in [0.25, 0.3) is 0 Å². The molecule has 1 atom stereocenters. The maximum atomic E-state index is 4.98. The summed E-state index contributed by atoms with van der Waals surface area (Å²) in [6.07, 6.45) is 0.857. The predicted molar refractivity (Wildman–Crippen MR) is 61.0 cm³/mol. The van der Waals surface area contributed by atoms with Crippen LogP contribution in [-0.4, -0.2) is 17.2 Å². The van der Waals surface area contributed by atoms with Gasteiger partial charge in [-0.1, -0.05) is 35.5 Å². The number of aromatic nitrogens is 2. The number of nitrogens with one attached hydrogen (secondary N) is 1. The lowest BCUT2D eigenvalue weighted by molar-refractivity contribution is 0.379. The normalized spacial score (nSPS) is 12.6. The van der Waals surface area contributed by atoms with E-state index in [0.29, 0.717) is 11.7 Å². The molecule has 84 valence electrons. The predicted octanol–water partition coefficient (Wildman–Crippen LogP) is 1.88. The first-order valence-corrected chi connectivity index (χ1v) is 5.31. The molecular formula is C12H15N3O. The summed E-state index contributed by atoms with van der Waals surface area (Å²) in [6, 6.07) is 10.4. The van der Waals surface area contributed by atoms with Gasteiger partial charge in [0.1, 0.15) is 0 Å². The van der Waals surface area contributed by atoms with Gasteiger partial charge in [0.05, 0.1) is 6.04 Å². The van der Waals surface area contributed by atoms with Gasteiger partial charge in [0.25, 0.3) is 0 Å². The van der Waals surface area contributed by atoms with Gasteiger partial charge in [-0.3, -0.25) is 0 Å². The van der Waals surface area contributed by atoms with Gasteiger partial charge >= 0.3 is 0 Å². The lowest BCUT2D eigenvalue weighted by atomic mass is 10.1. The SMILES string of the molecule is CNC(Cc1ccccc1)c1noc(C)n1. The third kappa shape index (κ3) is 2.46. The van der Waals surface area contributed by atoms with E-state index >= 15 is 0 Å². The molecule has 0 spiro atoms. The molecule has 16 heavy (non-hydrogen) atoms. The van der Waals surface area contributed by atoms with E-state index < -0.39 is 0 Å². The highest BCUT2D eigenvalue weighted by Gasteiger charge is 2.15. The minimum absolute atomic E-state index is 0.0971. The van der Waals surface area contributed by atoms with Crippen LogP contribution in [0.2, 0.25) is 0 Å². The van der Waals surface area contributed by atoms with Crippen molar-refractivity contribution in [1.29, 1.82) is 0 Å². The molecule has 2 rings (SSSR count). The first-order chi connectivity index (χ1) is 7.79. The highest BCUT2D eigenvalue weighted by molar-refractivity contribution is 5.17. The Labute approximate surface area is 94.7 Å². The maximum Gasteiger partial charge on any atom is 0.223 e. The molecule has 1 N–H and O–H groups in total. The van der Waals surface area contributed by atoms with Crippen LogP contribution in [0.3, 0.4) is 0 Å². The van der Waals surface area contributed by atoms with E-state index in [0.717, 1.165) is 6.42 Å². The van der Waals surface area contributed by atoms with Gasteiger partial charge < -0.3 is 9.84 Å². The topological polar surface area (TPSA) is 51.0 Å². The van der Waals surface area contributed by atoms with Crippen LogP contribution >= 0.6 is 0 Å². The third-order valence-corrected chi connectivity index (χ3v) is 2.49. The number of likely N-dealkylation sites (N-methyl/N-ethyl adjacent to an activating group) is 1. The Kier molecular flexibility index (Phi) is 3.31. The number of hydrogen-bond donors (Lipinski definition) is 1. The van der Waals surface area contributed by atoms with Crippen LogP contribution in [0.5, 0.6) is 0 Å². The van der Waals surface area contributed by atoms with Gasteiger partial charge in [-0.2, -0.15) is 4.98 Å². The molecule has 0 fully saturated rings. The number of nitrogens with zero attached hydrogens (tertiary/aromatic N) is 2. The Balaban J connectivity index is 2.12. The summed E-state index contributed by atoms with van der Waals surface area (Å²) in [4.78, 5) is 4.24. The summed E-state index contributed by atoms with van der Waals surface area (Å²) in [5.41, 5.74) is 1.25. The number of aryl methyl sites for hydroxylation is 1. The van der Waals surface area contributed by atoms with Crippen molar-refractivity contribution in [3.8, 4) is 0 Å². The minimum Gasteiger partial charge on any atom is -0.340 e. The highest BCUT2D eigenvalue weighted by Crippen LogP contribution is 2.14. The lowest BCUT2D eigenvalue weighted by Gasteiger charge is -2.11. The van der Waals surface area contributed by atoms with Gasteiger partial charge in [0.15, 0.2) is 5.82 Å². The molecule has 4 heteroatoms. The zero-order valence-electron chi connectivity index (χ0n) is 9.47. The third-order valence-electron chi connectivity index (χ3n) is 2.49. The Hall–Kier alpha value is -1.68. The van der Waals surface area contributed by atoms with Crippen LogP contribution in [0.1, 0.15) is 23.3 Å². The van der Waals surface area contributed by atoms with Crippen molar-refractivity contribution in [2.45, 2.75) is 19.4 Å². The lowest BCUT2D eigenvalue weighted by Crippen LogP contribution is -2.20. The molecule has 1 aromatic carbocycles. The van der Waals surface area contributed by atoms with Crippen LogP contribution in [-0.2, 0) is 6.42 Å². The van der Waals surface area contributed by atoms with E-state index in [1.807, 2.05) is 25.2 Å². The monoisotopic (exact) mass is 217 g/mol. The van der Waals surface area contributed by atoms with E-state index in [1.54, 1.807) is 6.92 Å². The quantitative estimate of drug-likeness (QED) is 0.849. The Morgan fingerprint density at radius 3 is 2.62 bits per heavy atom.